The highest BCUT2D eigenvalue weighted by Crippen LogP contribution is 2.21. The fourth-order valence-electron chi connectivity index (χ4n) is 3.66. The molecule has 0 heterocycles. The summed E-state index contributed by atoms with van der Waals surface area (Å²) in [5, 5.41) is 0. The summed E-state index contributed by atoms with van der Waals surface area (Å²) in [5.41, 5.74) is 0.396. The van der Waals surface area contributed by atoms with Gasteiger partial charge in [-0.25, -0.2) is 13.1 Å². The molecular formula is C20H32N2O4S. The summed E-state index contributed by atoms with van der Waals surface area (Å²) in [6.45, 7) is 5.03. The van der Waals surface area contributed by atoms with Gasteiger partial charge in [0.25, 0.3) is 5.91 Å². The molecule has 0 radical (unpaired) electrons. The molecule has 152 valence electrons. The number of ether oxygens (including phenoxy) is 1. The molecule has 2 rings (SSSR count). The highest BCUT2D eigenvalue weighted by molar-refractivity contribution is 7.89. The molecule has 1 amide bonds. The van der Waals surface area contributed by atoms with Gasteiger partial charge in [0, 0.05) is 31.3 Å². The molecule has 0 saturated heterocycles. The lowest BCUT2D eigenvalue weighted by molar-refractivity contribution is 0.0589. The van der Waals surface area contributed by atoms with Gasteiger partial charge in [0.05, 0.1) is 11.5 Å². The van der Waals surface area contributed by atoms with Crippen LogP contribution in [-0.4, -0.2) is 51.6 Å². The second-order valence-corrected chi connectivity index (χ2v) is 8.81. The first-order chi connectivity index (χ1) is 12.9. The fraction of sp³-hybridized carbons (Fsp3) is 0.650. The van der Waals surface area contributed by atoms with Gasteiger partial charge in [-0.3, -0.25) is 4.79 Å². The molecule has 0 spiro atoms. The van der Waals surface area contributed by atoms with E-state index in [1.807, 2.05) is 13.8 Å². The lowest BCUT2D eigenvalue weighted by atomic mass is 10.1. The summed E-state index contributed by atoms with van der Waals surface area (Å²) in [5.74, 6) is -0.154. The number of carbonyl (C=O) groups is 1. The number of hydrogen-bond donors (Lipinski definition) is 1. The Hall–Kier alpha value is -1.44. The summed E-state index contributed by atoms with van der Waals surface area (Å²) in [7, 11) is -2.01. The largest absolute Gasteiger partial charge is 0.383 e. The number of rotatable bonds is 10. The number of hydrogen-bond acceptors (Lipinski definition) is 4. The van der Waals surface area contributed by atoms with Gasteiger partial charge in [0.15, 0.2) is 0 Å². The van der Waals surface area contributed by atoms with Crippen LogP contribution in [-0.2, 0) is 14.8 Å². The lowest BCUT2D eigenvalue weighted by Crippen LogP contribution is -2.42. The van der Waals surface area contributed by atoms with Crippen molar-refractivity contribution >= 4 is 15.9 Å². The zero-order valence-corrected chi connectivity index (χ0v) is 17.4. The van der Waals surface area contributed by atoms with Crippen molar-refractivity contribution in [2.24, 2.45) is 0 Å². The van der Waals surface area contributed by atoms with E-state index in [0.717, 1.165) is 38.5 Å². The normalized spacial score (nSPS) is 15.4. The van der Waals surface area contributed by atoms with Gasteiger partial charge < -0.3 is 9.64 Å². The smallest absolute Gasteiger partial charge is 0.254 e. The van der Waals surface area contributed by atoms with Crippen molar-refractivity contribution in [1.29, 1.82) is 0 Å². The molecule has 1 aromatic carbocycles. The molecule has 6 nitrogen and oxygen atoms in total. The first-order valence-corrected chi connectivity index (χ1v) is 11.3. The fourth-order valence-corrected chi connectivity index (χ4v) is 5.01. The van der Waals surface area contributed by atoms with E-state index in [1.54, 1.807) is 30.2 Å². The van der Waals surface area contributed by atoms with E-state index >= 15 is 0 Å². The van der Waals surface area contributed by atoms with Crippen molar-refractivity contribution in [2.75, 3.05) is 20.3 Å². The molecule has 1 aliphatic carbocycles. The number of benzene rings is 1. The Kier molecular flexibility index (Phi) is 8.26. The van der Waals surface area contributed by atoms with Gasteiger partial charge in [-0.1, -0.05) is 32.8 Å². The molecule has 0 aliphatic heterocycles. The van der Waals surface area contributed by atoms with Crippen LogP contribution in [0.1, 0.15) is 62.7 Å². The van der Waals surface area contributed by atoms with Crippen molar-refractivity contribution in [2.45, 2.75) is 69.4 Å². The number of carbonyl (C=O) groups excluding carboxylic acids is 1. The molecular weight excluding hydrogens is 364 g/mol. The van der Waals surface area contributed by atoms with Gasteiger partial charge in [0.2, 0.25) is 10.0 Å². The van der Waals surface area contributed by atoms with Crippen molar-refractivity contribution in [3.05, 3.63) is 29.8 Å². The van der Waals surface area contributed by atoms with Crippen molar-refractivity contribution < 1.29 is 17.9 Å². The lowest BCUT2D eigenvalue weighted by Gasteiger charge is -2.30. The van der Waals surface area contributed by atoms with E-state index in [1.165, 1.54) is 6.07 Å². The summed E-state index contributed by atoms with van der Waals surface area (Å²) >= 11 is 0. The average molecular weight is 397 g/mol. The minimum Gasteiger partial charge on any atom is -0.383 e. The molecule has 1 aromatic rings. The van der Waals surface area contributed by atoms with Crippen molar-refractivity contribution in [3.8, 4) is 0 Å². The van der Waals surface area contributed by atoms with Gasteiger partial charge in [-0.2, -0.15) is 0 Å². The highest BCUT2D eigenvalue weighted by Gasteiger charge is 2.26. The number of amides is 1. The molecule has 1 N–H and O–H groups in total. The van der Waals surface area contributed by atoms with Crippen LogP contribution >= 0.6 is 0 Å². The number of sulfonamides is 1. The molecule has 0 aromatic heterocycles. The summed E-state index contributed by atoms with van der Waals surface area (Å²) < 4.78 is 33.3. The third-order valence-electron chi connectivity index (χ3n) is 5.25. The minimum atomic E-state index is -3.62. The van der Waals surface area contributed by atoms with Crippen LogP contribution < -0.4 is 4.72 Å². The van der Waals surface area contributed by atoms with E-state index in [9.17, 15) is 13.2 Å². The zero-order chi connectivity index (χ0) is 19.9. The molecule has 0 unspecified atom stereocenters. The van der Waals surface area contributed by atoms with E-state index in [2.05, 4.69) is 4.72 Å². The van der Waals surface area contributed by atoms with Gasteiger partial charge in [-0.15, -0.1) is 0 Å². The van der Waals surface area contributed by atoms with Crippen LogP contribution in [0.3, 0.4) is 0 Å². The predicted molar refractivity (Wildman–Crippen MR) is 106 cm³/mol. The maximum absolute atomic E-state index is 13.1. The van der Waals surface area contributed by atoms with E-state index in [4.69, 9.17) is 4.74 Å². The third kappa shape index (κ3) is 5.77. The minimum absolute atomic E-state index is 0.00266. The van der Waals surface area contributed by atoms with E-state index in [-0.39, 0.29) is 22.9 Å². The Morgan fingerprint density at radius 2 is 1.93 bits per heavy atom. The van der Waals surface area contributed by atoms with Crippen LogP contribution in [0.5, 0.6) is 0 Å². The van der Waals surface area contributed by atoms with Crippen LogP contribution in [0, 0.1) is 0 Å². The predicted octanol–water partition coefficient (Wildman–Crippen LogP) is 3.18. The zero-order valence-electron chi connectivity index (χ0n) is 16.6. The maximum Gasteiger partial charge on any atom is 0.254 e. The van der Waals surface area contributed by atoms with Crippen LogP contribution in [0.4, 0.5) is 0 Å². The quantitative estimate of drug-likeness (QED) is 0.659. The van der Waals surface area contributed by atoms with Crippen molar-refractivity contribution in [3.63, 3.8) is 0 Å². The van der Waals surface area contributed by atoms with Gasteiger partial charge >= 0.3 is 0 Å². The molecule has 1 aliphatic rings. The van der Waals surface area contributed by atoms with Crippen LogP contribution in [0.2, 0.25) is 0 Å². The molecule has 7 heteroatoms. The second-order valence-electron chi connectivity index (χ2n) is 7.09. The molecule has 0 atom stereocenters. The second kappa shape index (κ2) is 10.2. The van der Waals surface area contributed by atoms with E-state index in [0.29, 0.717) is 18.7 Å². The highest BCUT2D eigenvalue weighted by atomic mass is 32.2. The molecule has 27 heavy (non-hydrogen) atoms. The van der Waals surface area contributed by atoms with Gasteiger partial charge in [-0.05, 0) is 43.9 Å². The number of nitrogens with one attached hydrogen (secondary N) is 1. The van der Waals surface area contributed by atoms with E-state index < -0.39 is 10.0 Å². The summed E-state index contributed by atoms with van der Waals surface area (Å²) in [6, 6.07) is 6.45. The Bertz CT molecular complexity index is 710. The Morgan fingerprint density at radius 3 is 2.52 bits per heavy atom. The van der Waals surface area contributed by atoms with Gasteiger partial charge in [0.1, 0.15) is 0 Å². The Balaban J connectivity index is 2.23. The Labute approximate surface area is 163 Å². The SMILES string of the molecule is CCC(CC)N(CCOC)C(=O)c1cccc(S(=O)(=O)NC2CCCC2)c1. The average Bonchev–Trinajstić information content (AvgIpc) is 3.17. The summed E-state index contributed by atoms with van der Waals surface area (Å²) in [6.07, 6.45) is 5.53. The topological polar surface area (TPSA) is 75.7 Å². The monoisotopic (exact) mass is 396 g/mol. The number of methoxy groups -OCH3 is 1. The first kappa shape index (κ1) is 21.9. The standard InChI is InChI=1S/C20H32N2O4S/c1-4-18(5-2)22(13-14-26-3)20(23)16-9-8-12-19(15-16)27(24,25)21-17-10-6-7-11-17/h8-9,12,15,17-18,21H,4-7,10-11,13-14H2,1-3H3. The molecule has 1 saturated carbocycles. The number of nitrogens with zero attached hydrogens (tertiary/aromatic N) is 1. The Morgan fingerprint density at radius 1 is 1.26 bits per heavy atom. The van der Waals surface area contributed by atoms with Crippen LogP contribution in [0.25, 0.3) is 0 Å². The van der Waals surface area contributed by atoms with Crippen molar-refractivity contribution in [1.82, 2.24) is 9.62 Å². The maximum atomic E-state index is 13.1. The molecule has 1 fully saturated rings. The summed E-state index contributed by atoms with van der Waals surface area (Å²) in [4.78, 5) is 15.0. The van der Waals surface area contributed by atoms with Crippen LogP contribution in [0.15, 0.2) is 29.2 Å². The molecule has 0 bridgehead atoms. The third-order valence-corrected chi connectivity index (χ3v) is 6.77. The first-order valence-electron chi connectivity index (χ1n) is 9.85.